The molecule has 112 valence electrons. The lowest BCUT2D eigenvalue weighted by atomic mass is 10.0. The highest BCUT2D eigenvalue weighted by molar-refractivity contribution is 5.94. The number of amides is 1. The SMILES string of the molecule is CC(C)[C@@H](NC(=O)c1cccnc1)c1nc2ccccc2[nH]1. The van der Waals surface area contributed by atoms with E-state index in [0.29, 0.717) is 5.56 Å². The summed E-state index contributed by atoms with van der Waals surface area (Å²) in [5.41, 5.74) is 2.42. The van der Waals surface area contributed by atoms with E-state index in [1.165, 1.54) is 0 Å². The predicted octanol–water partition coefficient (Wildman–Crippen LogP) is 3.09. The number of nitrogens with zero attached hydrogens (tertiary/aromatic N) is 2. The number of nitrogens with one attached hydrogen (secondary N) is 2. The average Bonchev–Trinajstić information content (AvgIpc) is 2.96. The van der Waals surface area contributed by atoms with Crippen LogP contribution in [0.4, 0.5) is 0 Å². The Morgan fingerprint density at radius 2 is 2.00 bits per heavy atom. The summed E-state index contributed by atoms with van der Waals surface area (Å²) in [6.07, 6.45) is 3.21. The first-order valence-electron chi connectivity index (χ1n) is 7.30. The maximum atomic E-state index is 12.4. The molecule has 1 atom stereocenters. The molecule has 3 aromatic rings. The van der Waals surface area contributed by atoms with E-state index in [-0.39, 0.29) is 17.9 Å². The normalized spacial score (nSPS) is 12.5. The summed E-state index contributed by atoms with van der Waals surface area (Å²) >= 11 is 0. The Morgan fingerprint density at radius 3 is 2.68 bits per heavy atom. The molecule has 0 spiro atoms. The number of rotatable bonds is 4. The van der Waals surface area contributed by atoms with Crippen molar-refractivity contribution in [1.82, 2.24) is 20.3 Å². The van der Waals surface area contributed by atoms with Crippen LogP contribution in [0.2, 0.25) is 0 Å². The molecule has 22 heavy (non-hydrogen) atoms. The molecule has 1 amide bonds. The molecule has 0 saturated carbocycles. The molecule has 0 unspecified atom stereocenters. The van der Waals surface area contributed by atoms with E-state index in [1.807, 2.05) is 24.3 Å². The van der Waals surface area contributed by atoms with E-state index in [2.05, 4.69) is 34.1 Å². The van der Waals surface area contributed by atoms with E-state index < -0.39 is 0 Å². The predicted molar refractivity (Wildman–Crippen MR) is 85.4 cm³/mol. The number of hydrogen-bond donors (Lipinski definition) is 2. The Bertz CT molecular complexity index is 746. The number of para-hydroxylation sites is 2. The minimum absolute atomic E-state index is 0.146. The van der Waals surface area contributed by atoms with Gasteiger partial charge in [-0.05, 0) is 30.2 Å². The molecule has 2 heterocycles. The number of imidazole rings is 1. The molecule has 2 aromatic heterocycles. The van der Waals surface area contributed by atoms with Crippen LogP contribution in [0.1, 0.15) is 36.1 Å². The first kappa shape index (κ1) is 14.3. The van der Waals surface area contributed by atoms with Crippen molar-refractivity contribution >= 4 is 16.9 Å². The Kier molecular flexibility index (Phi) is 3.87. The number of aromatic amines is 1. The zero-order valence-corrected chi connectivity index (χ0v) is 12.6. The van der Waals surface area contributed by atoms with Crippen LogP contribution in [0.15, 0.2) is 48.8 Å². The van der Waals surface area contributed by atoms with Gasteiger partial charge in [0.1, 0.15) is 5.82 Å². The zero-order chi connectivity index (χ0) is 15.5. The van der Waals surface area contributed by atoms with Gasteiger partial charge in [0.2, 0.25) is 0 Å². The van der Waals surface area contributed by atoms with Crippen LogP contribution in [0.5, 0.6) is 0 Å². The third-order valence-corrected chi connectivity index (χ3v) is 3.58. The fourth-order valence-electron chi connectivity index (χ4n) is 2.39. The lowest BCUT2D eigenvalue weighted by molar-refractivity contribution is 0.0923. The van der Waals surface area contributed by atoms with Crippen LogP contribution in [0.25, 0.3) is 11.0 Å². The second-order valence-corrected chi connectivity index (χ2v) is 5.58. The summed E-state index contributed by atoms with van der Waals surface area (Å²) in [6.45, 7) is 4.11. The first-order chi connectivity index (χ1) is 10.6. The highest BCUT2D eigenvalue weighted by atomic mass is 16.1. The van der Waals surface area contributed by atoms with Gasteiger partial charge >= 0.3 is 0 Å². The standard InChI is InChI=1S/C17H18N4O/c1-11(2)15(21-17(22)12-6-5-9-18-10-12)16-19-13-7-3-4-8-14(13)20-16/h3-11,15H,1-2H3,(H,19,20)(H,21,22)/t15-/m1/s1. The number of carbonyl (C=O) groups is 1. The zero-order valence-electron chi connectivity index (χ0n) is 12.6. The van der Waals surface area contributed by atoms with Crippen molar-refractivity contribution in [2.75, 3.05) is 0 Å². The van der Waals surface area contributed by atoms with Gasteiger partial charge in [0.15, 0.2) is 0 Å². The Hall–Kier alpha value is -2.69. The third-order valence-electron chi connectivity index (χ3n) is 3.58. The summed E-state index contributed by atoms with van der Waals surface area (Å²) in [5.74, 6) is 0.835. The van der Waals surface area contributed by atoms with E-state index in [1.54, 1.807) is 24.5 Å². The van der Waals surface area contributed by atoms with E-state index in [4.69, 9.17) is 0 Å². The molecule has 0 aliphatic carbocycles. The largest absolute Gasteiger partial charge is 0.342 e. The fraction of sp³-hybridized carbons (Fsp3) is 0.235. The fourth-order valence-corrected chi connectivity index (χ4v) is 2.39. The maximum absolute atomic E-state index is 12.4. The van der Waals surface area contributed by atoms with Crippen LogP contribution >= 0.6 is 0 Å². The minimum atomic E-state index is -0.180. The maximum Gasteiger partial charge on any atom is 0.253 e. The topological polar surface area (TPSA) is 70.7 Å². The lowest BCUT2D eigenvalue weighted by Crippen LogP contribution is -2.32. The van der Waals surface area contributed by atoms with Crippen molar-refractivity contribution in [1.29, 1.82) is 0 Å². The van der Waals surface area contributed by atoms with Gasteiger partial charge in [-0.15, -0.1) is 0 Å². The number of hydrogen-bond acceptors (Lipinski definition) is 3. The van der Waals surface area contributed by atoms with Gasteiger partial charge in [0.25, 0.3) is 5.91 Å². The van der Waals surface area contributed by atoms with E-state index >= 15 is 0 Å². The molecule has 3 rings (SSSR count). The highest BCUT2D eigenvalue weighted by Gasteiger charge is 2.22. The summed E-state index contributed by atoms with van der Waals surface area (Å²) in [7, 11) is 0. The van der Waals surface area contributed by atoms with Crippen molar-refractivity contribution in [2.24, 2.45) is 5.92 Å². The molecular formula is C17H18N4O. The third kappa shape index (κ3) is 2.83. The van der Waals surface area contributed by atoms with Gasteiger partial charge in [0.05, 0.1) is 22.6 Å². The van der Waals surface area contributed by atoms with Gasteiger partial charge in [-0.25, -0.2) is 4.98 Å². The molecule has 0 aliphatic rings. The smallest absolute Gasteiger partial charge is 0.253 e. The van der Waals surface area contributed by atoms with Crippen LogP contribution in [-0.4, -0.2) is 20.9 Å². The number of fused-ring (bicyclic) bond motifs is 1. The summed E-state index contributed by atoms with van der Waals surface area (Å²) in [5, 5.41) is 3.04. The molecule has 0 fully saturated rings. The first-order valence-corrected chi connectivity index (χ1v) is 7.30. The van der Waals surface area contributed by atoms with Gasteiger partial charge in [-0.3, -0.25) is 9.78 Å². The van der Waals surface area contributed by atoms with Crippen molar-refractivity contribution in [3.05, 3.63) is 60.2 Å². The Balaban J connectivity index is 1.88. The lowest BCUT2D eigenvalue weighted by Gasteiger charge is -2.20. The van der Waals surface area contributed by atoms with Gasteiger partial charge in [-0.2, -0.15) is 0 Å². The molecule has 2 N–H and O–H groups in total. The van der Waals surface area contributed by atoms with Crippen LogP contribution < -0.4 is 5.32 Å². The van der Waals surface area contributed by atoms with E-state index in [0.717, 1.165) is 16.9 Å². The number of carbonyl (C=O) groups excluding carboxylic acids is 1. The van der Waals surface area contributed by atoms with Crippen LogP contribution in [-0.2, 0) is 0 Å². The molecule has 5 heteroatoms. The van der Waals surface area contributed by atoms with Crippen molar-refractivity contribution in [3.63, 3.8) is 0 Å². The van der Waals surface area contributed by atoms with Gasteiger partial charge < -0.3 is 10.3 Å². The van der Waals surface area contributed by atoms with Gasteiger partial charge in [0, 0.05) is 12.4 Å². The van der Waals surface area contributed by atoms with Crippen LogP contribution in [0, 0.1) is 5.92 Å². The quantitative estimate of drug-likeness (QED) is 0.776. The number of aromatic nitrogens is 3. The number of benzene rings is 1. The second kappa shape index (κ2) is 5.97. The molecule has 0 bridgehead atoms. The minimum Gasteiger partial charge on any atom is -0.342 e. The molecule has 0 aliphatic heterocycles. The molecule has 0 saturated heterocycles. The van der Waals surface area contributed by atoms with E-state index in [9.17, 15) is 4.79 Å². The second-order valence-electron chi connectivity index (χ2n) is 5.58. The summed E-state index contributed by atoms with van der Waals surface area (Å²) < 4.78 is 0. The summed E-state index contributed by atoms with van der Waals surface area (Å²) in [6, 6.07) is 11.2. The Labute approximate surface area is 128 Å². The van der Waals surface area contributed by atoms with Crippen molar-refractivity contribution in [3.8, 4) is 0 Å². The van der Waals surface area contributed by atoms with Gasteiger partial charge in [-0.1, -0.05) is 26.0 Å². The summed E-state index contributed by atoms with van der Waals surface area (Å²) in [4.78, 5) is 24.2. The monoisotopic (exact) mass is 294 g/mol. The number of H-pyrrole nitrogens is 1. The molecule has 5 nitrogen and oxygen atoms in total. The molecule has 0 radical (unpaired) electrons. The van der Waals surface area contributed by atoms with Crippen LogP contribution in [0.3, 0.4) is 0 Å². The van der Waals surface area contributed by atoms with Crippen molar-refractivity contribution < 1.29 is 4.79 Å². The van der Waals surface area contributed by atoms with Crippen molar-refractivity contribution in [2.45, 2.75) is 19.9 Å². The average molecular weight is 294 g/mol. The number of pyridine rings is 1. The molecular weight excluding hydrogens is 276 g/mol. The molecule has 1 aromatic carbocycles. The Morgan fingerprint density at radius 1 is 1.18 bits per heavy atom. The highest BCUT2D eigenvalue weighted by Crippen LogP contribution is 2.22.